The van der Waals surface area contributed by atoms with E-state index in [9.17, 15) is 9.59 Å². The standard InChI is InChI=1S/C15H9Cl3N2O3S/c16-7-1-3-9(11(17)5-7)13(21)20-15(24)19-8-2-4-10(14(22)23)12(18)6-8/h1-6H,(H,22,23)(H2,19,20,21,24). The van der Waals surface area contributed by atoms with Gasteiger partial charge < -0.3 is 10.4 Å². The quantitative estimate of drug-likeness (QED) is 0.659. The Bertz CT molecular complexity index is 843. The number of aromatic carboxylic acids is 1. The number of halogens is 3. The molecule has 2 aromatic carbocycles. The molecule has 2 aromatic rings. The van der Waals surface area contributed by atoms with Gasteiger partial charge in [0.05, 0.1) is 21.2 Å². The number of hydrogen-bond donors (Lipinski definition) is 3. The Morgan fingerprint density at radius 1 is 0.958 bits per heavy atom. The molecule has 0 aliphatic carbocycles. The van der Waals surface area contributed by atoms with Crippen LogP contribution in [0.1, 0.15) is 20.7 Å². The predicted molar refractivity (Wildman–Crippen MR) is 98.6 cm³/mol. The van der Waals surface area contributed by atoms with Crippen molar-refractivity contribution >= 4 is 69.7 Å². The van der Waals surface area contributed by atoms with Crippen molar-refractivity contribution in [2.75, 3.05) is 5.32 Å². The fourth-order valence-electron chi connectivity index (χ4n) is 1.77. The smallest absolute Gasteiger partial charge is 0.337 e. The maximum absolute atomic E-state index is 12.1. The molecular weight excluding hydrogens is 395 g/mol. The minimum absolute atomic E-state index is 0.00478. The molecule has 124 valence electrons. The van der Waals surface area contributed by atoms with E-state index in [0.29, 0.717) is 10.7 Å². The van der Waals surface area contributed by atoms with E-state index in [2.05, 4.69) is 10.6 Å². The average molecular weight is 404 g/mol. The van der Waals surface area contributed by atoms with Crippen molar-refractivity contribution in [1.29, 1.82) is 0 Å². The number of benzene rings is 2. The summed E-state index contributed by atoms with van der Waals surface area (Å²) in [4.78, 5) is 23.0. The van der Waals surface area contributed by atoms with E-state index < -0.39 is 11.9 Å². The molecule has 0 fully saturated rings. The monoisotopic (exact) mass is 402 g/mol. The first kappa shape index (κ1) is 18.5. The van der Waals surface area contributed by atoms with Crippen LogP contribution in [0, 0.1) is 0 Å². The highest BCUT2D eigenvalue weighted by molar-refractivity contribution is 7.80. The largest absolute Gasteiger partial charge is 0.478 e. The molecule has 0 aliphatic heterocycles. The second kappa shape index (κ2) is 7.81. The van der Waals surface area contributed by atoms with Gasteiger partial charge in [-0.25, -0.2) is 4.79 Å². The predicted octanol–water partition coefficient (Wildman–Crippen LogP) is 4.47. The fraction of sp³-hybridized carbons (Fsp3) is 0. The summed E-state index contributed by atoms with van der Waals surface area (Å²) in [5.41, 5.74) is 0.604. The summed E-state index contributed by atoms with van der Waals surface area (Å²) in [6.45, 7) is 0. The Labute approximate surface area is 157 Å². The van der Waals surface area contributed by atoms with Crippen LogP contribution in [0.3, 0.4) is 0 Å². The molecule has 0 heterocycles. The molecule has 5 nitrogen and oxygen atoms in total. The summed E-state index contributed by atoms with van der Waals surface area (Å²) in [6.07, 6.45) is 0. The highest BCUT2D eigenvalue weighted by Crippen LogP contribution is 2.22. The minimum atomic E-state index is -1.14. The Hall–Kier alpha value is -1.86. The van der Waals surface area contributed by atoms with Gasteiger partial charge in [0.2, 0.25) is 0 Å². The number of carboxylic acids is 1. The van der Waals surface area contributed by atoms with Gasteiger partial charge in [0.15, 0.2) is 5.11 Å². The minimum Gasteiger partial charge on any atom is -0.478 e. The summed E-state index contributed by atoms with van der Waals surface area (Å²) >= 11 is 22.6. The van der Waals surface area contributed by atoms with Crippen LogP contribution in [0.25, 0.3) is 0 Å². The molecule has 0 radical (unpaired) electrons. The molecule has 0 saturated carbocycles. The van der Waals surface area contributed by atoms with Crippen molar-refractivity contribution < 1.29 is 14.7 Å². The van der Waals surface area contributed by atoms with Crippen molar-refractivity contribution in [3.05, 3.63) is 62.6 Å². The van der Waals surface area contributed by atoms with Crippen LogP contribution in [0.4, 0.5) is 5.69 Å². The first-order chi connectivity index (χ1) is 11.3. The van der Waals surface area contributed by atoms with Crippen molar-refractivity contribution in [2.45, 2.75) is 0 Å². The summed E-state index contributed by atoms with van der Waals surface area (Å²) < 4.78 is 0. The second-order valence-corrected chi connectivity index (χ2v) is 6.19. The van der Waals surface area contributed by atoms with Gasteiger partial charge in [-0.15, -0.1) is 0 Å². The number of anilines is 1. The molecule has 0 atom stereocenters. The molecule has 0 aliphatic rings. The highest BCUT2D eigenvalue weighted by atomic mass is 35.5. The van der Waals surface area contributed by atoms with Gasteiger partial charge in [-0.3, -0.25) is 10.1 Å². The molecule has 24 heavy (non-hydrogen) atoms. The van der Waals surface area contributed by atoms with E-state index in [-0.39, 0.29) is 26.3 Å². The van der Waals surface area contributed by atoms with E-state index in [1.165, 1.54) is 36.4 Å². The van der Waals surface area contributed by atoms with Crippen molar-refractivity contribution in [2.24, 2.45) is 0 Å². The van der Waals surface area contributed by atoms with Crippen LogP contribution in [0.5, 0.6) is 0 Å². The molecular formula is C15H9Cl3N2O3S. The Balaban J connectivity index is 2.06. The highest BCUT2D eigenvalue weighted by Gasteiger charge is 2.13. The number of amides is 1. The maximum atomic E-state index is 12.1. The second-order valence-electron chi connectivity index (χ2n) is 4.53. The van der Waals surface area contributed by atoms with E-state index >= 15 is 0 Å². The number of nitrogens with one attached hydrogen (secondary N) is 2. The van der Waals surface area contributed by atoms with Gasteiger partial charge in [0.1, 0.15) is 0 Å². The third kappa shape index (κ3) is 4.58. The summed E-state index contributed by atoms with van der Waals surface area (Å²) in [5, 5.41) is 14.8. The molecule has 0 unspecified atom stereocenters. The lowest BCUT2D eigenvalue weighted by molar-refractivity contribution is 0.0697. The van der Waals surface area contributed by atoms with Crippen molar-refractivity contribution in [3.8, 4) is 0 Å². The number of carboxylic acid groups (broad SMARTS) is 1. The third-order valence-corrected chi connectivity index (χ3v) is 3.92. The molecule has 0 saturated heterocycles. The first-order valence-electron chi connectivity index (χ1n) is 6.38. The van der Waals surface area contributed by atoms with Crippen LogP contribution >= 0.6 is 47.0 Å². The lowest BCUT2D eigenvalue weighted by atomic mass is 10.2. The number of rotatable bonds is 3. The van der Waals surface area contributed by atoms with E-state index in [4.69, 9.17) is 52.1 Å². The average Bonchev–Trinajstić information content (AvgIpc) is 2.46. The lowest BCUT2D eigenvalue weighted by Crippen LogP contribution is -2.34. The normalized spacial score (nSPS) is 10.1. The van der Waals surface area contributed by atoms with Gasteiger partial charge >= 0.3 is 5.97 Å². The number of hydrogen-bond acceptors (Lipinski definition) is 3. The number of carbonyl (C=O) groups is 2. The van der Waals surface area contributed by atoms with Crippen LogP contribution in [0.15, 0.2) is 36.4 Å². The molecule has 1 amide bonds. The van der Waals surface area contributed by atoms with Gasteiger partial charge in [-0.1, -0.05) is 34.8 Å². The molecule has 0 bridgehead atoms. The van der Waals surface area contributed by atoms with Gasteiger partial charge in [0.25, 0.3) is 5.91 Å². The van der Waals surface area contributed by atoms with Gasteiger partial charge in [-0.2, -0.15) is 0 Å². The molecule has 2 rings (SSSR count). The Kier molecular flexibility index (Phi) is 6.01. The first-order valence-corrected chi connectivity index (χ1v) is 7.92. The van der Waals surface area contributed by atoms with Crippen molar-refractivity contribution in [3.63, 3.8) is 0 Å². The van der Waals surface area contributed by atoms with Crippen LogP contribution < -0.4 is 10.6 Å². The van der Waals surface area contributed by atoms with E-state index in [0.717, 1.165) is 0 Å². The zero-order chi connectivity index (χ0) is 17.9. The Morgan fingerprint density at radius 2 is 1.58 bits per heavy atom. The van der Waals surface area contributed by atoms with Crippen LogP contribution in [0.2, 0.25) is 15.1 Å². The molecule has 3 N–H and O–H groups in total. The molecule has 0 aromatic heterocycles. The Morgan fingerprint density at radius 3 is 2.17 bits per heavy atom. The summed E-state index contributed by atoms with van der Waals surface area (Å²) in [5.74, 6) is -1.65. The third-order valence-electron chi connectivity index (χ3n) is 2.86. The van der Waals surface area contributed by atoms with Gasteiger partial charge in [-0.05, 0) is 48.6 Å². The summed E-state index contributed by atoms with van der Waals surface area (Å²) in [6, 6.07) is 8.64. The lowest BCUT2D eigenvalue weighted by Gasteiger charge is -2.11. The van der Waals surface area contributed by atoms with E-state index in [1.807, 2.05) is 0 Å². The van der Waals surface area contributed by atoms with E-state index in [1.54, 1.807) is 0 Å². The molecule has 9 heteroatoms. The zero-order valence-electron chi connectivity index (χ0n) is 11.8. The van der Waals surface area contributed by atoms with Crippen molar-refractivity contribution in [1.82, 2.24) is 5.32 Å². The maximum Gasteiger partial charge on any atom is 0.337 e. The van der Waals surface area contributed by atoms with Crippen LogP contribution in [-0.4, -0.2) is 22.1 Å². The fourth-order valence-corrected chi connectivity index (χ4v) is 2.74. The van der Waals surface area contributed by atoms with Crippen LogP contribution in [-0.2, 0) is 0 Å². The SMILES string of the molecule is O=C(O)c1ccc(NC(=S)NC(=O)c2ccc(Cl)cc2Cl)cc1Cl. The number of thiocarbonyl (C=S) groups is 1. The summed E-state index contributed by atoms with van der Waals surface area (Å²) in [7, 11) is 0. The number of carbonyl (C=O) groups excluding carboxylic acids is 1. The van der Waals surface area contributed by atoms with Gasteiger partial charge in [0, 0.05) is 10.7 Å². The zero-order valence-corrected chi connectivity index (χ0v) is 14.9. The topological polar surface area (TPSA) is 78.4 Å². The molecule has 0 spiro atoms.